The maximum atomic E-state index is 12.2. The van der Waals surface area contributed by atoms with Gasteiger partial charge in [-0.3, -0.25) is 14.4 Å². The van der Waals surface area contributed by atoms with Crippen LogP contribution in [0, 0.1) is 0 Å². The van der Waals surface area contributed by atoms with Crippen molar-refractivity contribution in [2.24, 2.45) is 5.10 Å². The van der Waals surface area contributed by atoms with Crippen LogP contribution in [-0.2, 0) is 20.8 Å². The van der Waals surface area contributed by atoms with E-state index in [1.54, 1.807) is 43.5 Å². The van der Waals surface area contributed by atoms with Gasteiger partial charge in [0.25, 0.3) is 5.91 Å². The minimum atomic E-state index is -0.946. The molecule has 0 fully saturated rings. The van der Waals surface area contributed by atoms with Crippen LogP contribution in [-0.4, -0.2) is 58.4 Å². The number of benzene rings is 3. The highest BCUT2D eigenvalue weighted by atomic mass is 35.5. The predicted molar refractivity (Wildman–Crippen MR) is 156 cm³/mol. The average Bonchev–Trinajstić information content (AvgIpc) is 2.97. The average molecular weight is 603 g/mol. The Morgan fingerprint density at radius 1 is 0.854 bits per heavy atom. The summed E-state index contributed by atoms with van der Waals surface area (Å²) in [6.07, 6.45) is 1.75. The monoisotopic (exact) mass is 602 g/mol. The van der Waals surface area contributed by atoms with E-state index in [0.717, 1.165) is 5.56 Å². The van der Waals surface area contributed by atoms with Gasteiger partial charge in [-0.1, -0.05) is 29.3 Å². The third-order valence-electron chi connectivity index (χ3n) is 5.46. The van der Waals surface area contributed by atoms with Gasteiger partial charge in [0.05, 0.1) is 32.6 Å². The van der Waals surface area contributed by atoms with Gasteiger partial charge in [-0.15, -0.1) is 0 Å². The van der Waals surface area contributed by atoms with E-state index in [1.165, 1.54) is 32.6 Å². The number of nitrogens with one attached hydrogen (secondary N) is 3. The normalized spacial score (nSPS) is 10.6. The van der Waals surface area contributed by atoms with Gasteiger partial charge < -0.3 is 29.6 Å². The van der Waals surface area contributed by atoms with E-state index in [1.807, 2.05) is 6.07 Å². The van der Waals surface area contributed by atoms with Gasteiger partial charge in [-0.05, 0) is 66.1 Å². The first kappa shape index (κ1) is 31.1. The third kappa shape index (κ3) is 9.30. The van der Waals surface area contributed by atoms with Crippen LogP contribution in [0.25, 0.3) is 0 Å². The minimum absolute atomic E-state index is 0.143. The van der Waals surface area contributed by atoms with Gasteiger partial charge >= 0.3 is 11.8 Å². The van der Waals surface area contributed by atoms with Crippen LogP contribution in [0.3, 0.4) is 0 Å². The number of methoxy groups -OCH3 is 3. The second kappa shape index (κ2) is 15.3. The number of nitrogens with zero attached hydrogens (tertiary/aromatic N) is 1. The van der Waals surface area contributed by atoms with Crippen LogP contribution in [0.15, 0.2) is 59.7 Å². The number of halogens is 2. The second-order valence-electron chi connectivity index (χ2n) is 8.27. The van der Waals surface area contributed by atoms with Gasteiger partial charge in [0.1, 0.15) is 0 Å². The molecule has 0 aliphatic heterocycles. The minimum Gasteiger partial charge on any atom is -0.493 e. The highest BCUT2D eigenvalue weighted by Crippen LogP contribution is 2.36. The van der Waals surface area contributed by atoms with Crippen molar-refractivity contribution in [3.05, 3.63) is 75.8 Å². The fraction of sp³-hybridized carbons (Fsp3) is 0.214. The molecule has 3 aromatic carbocycles. The van der Waals surface area contributed by atoms with Crippen molar-refractivity contribution in [2.75, 3.05) is 39.8 Å². The van der Waals surface area contributed by atoms with E-state index in [0.29, 0.717) is 34.2 Å². The standard InChI is InChI=1S/C28H28Cl2N4O7/c1-38-22-9-4-17(13-23(22)39-2)10-11-31-27(36)28(37)34-32-15-18-12-21(30)26(24(14-18)40-3)41-16-25(35)33-20-7-5-19(29)6-8-20/h4-9,12-15H,10-11,16H2,1-3H3,(H,31,36)(H,33,35)(H,34,37)/b32-15-. The highest BCUT2D eigenvalue weighted by Gasteiger charge is 2.15. The highest BCUT2D eigenvalue weighted by molar-refractivity contribution is 6.35. The molecule has 0 unspecified atom stereocenters. The second-order valence-corrected chi connectivity index (χ2v) is 9.12. The van der Waals surface area contributed by atoms with E-state index in [4.69, 9.17) is 42.1 Å². The smallest absolute Gasteiger partial charge is 0.329 e. The summed E-state index contributed by atoms with van der Waals surface area (Å²) in [5.41, 5.74) is 4.05. The lowest BCUT2D eigenvalue weighted by Gasteiger charge is -2.13. The lowest BCUT2D eigenvalue weighted by molar-refractivity contribution is -0.139. The molecule has 3 N–H and O–H groups in total. The van der Waals surface area contributed by atoms with Crippen molar-refractivity contribution < 1.29 is 33.3 Å². The topological polar surface area (TPSA) is 137 Å². The number of amides is 3. The number of anilines is 1. The van der Waals surface area contributed by atoms with Gasteiger partial charge in [-0.25, -0.2) is 5.43 Å². The summed E-state index contributed by atoms with van der Waals surface area (Å²) in [6, 6.07) is 15.0. The summed E-state index contributed by atoms with van der Waals surface area (Å²) < 4.78 is 21.3. The molecule has 0 aromatic heterocycles. The van der Waals surface area contributed by atoms with E-state index < -0.39 is 17.7 Å². The molecule has 0 heterocycles. The van der Waals surface area contributed by atoms with Crippen molar-refractivity contribution in [3.8, 4) is 23.0 Å². The molecule has 0 bridgehead atoms. The molecule has 0 spiro atoms. The maximum Gasteiger partial charge on any atom is 0.329 e. The molecule has 41 heavy (non-hydrogen) atoms. The molecule has 0 saturated carbocycles. The number of carbonyl (C=O) groups is 3. The molecule has 0 aliphatic rings. The van der Waals surface area contributed by atoms with Crippen molar-refractivity contribution in [3.63, 3.8) is 0 Å². The SMILES string of the molecule is COc1ccc(CCNC(=O)C(=O)N/N=C\c2cc(Cl)c(OCC(=O)Nc3ccc(Cl)cc3)c(OC)c2)cc1OC. The van der Waals surface area contributed by atoms with Gasteiger partial charge in [0.2, 0.25) is 0 Å². The summed E-state index contributed by atoms with van der Waals surface area (Å²) in [5.74, 6) is -0.665. The molecule has 3 rings (SSSR count). The van der Waals surface area contributed by atoms with Crippen molar-refractivity contribution >= 4 is 52.8 Å². The number of hydrazone groups is 1. The van der Waals surface area contributed by atoms with E-state index >= 15 is 0 Å². The fourth-order valence-electron chi connectivity index (χ4n) is 3.48. The van der Waals surface area contributed by atoms with E-state index in [9.17, 15) is 14.4 Å². The largest absolute Gasteiger partial charge is 0.493 e. The zero-order valence-corrected chi connectivity index (χ0v) is 24.0. The van der Waals surface area contributed by atoms with E-state index in [2.05, 4.69) is 21.2 Å². The molecule has 0 atom stereocenters. The molecule has 11 nitrogen and oxygen atoms in total. The Kier molecular flexibility index (Phi) is 11.6. The zero-order chi connectivity index (χ0) is 29.8. The van der Waals surface area contributed by atoms with E-state index in [-0.39, 0.29) is 29.7 Å². The Morgan fingerprint density at radius 2 is 1.56 bits per heavy atom. The molecule has 3 aromatic rings. The van der Waals surface area contributed by atoms with Gasteiger partial charge in [0.15, 0.2) is 29.6 Å². The molecule has 3 amide bonds. The summed E-state index contributed by atoms with van der Waals surface area (Å²) >= 11 is 12.2. The summed E-state index contributed by atoms with van der Waals surface area (Å²) in [7, 11) is 4.48. The number of carbonyl (C=O) groups excluding carboxylic acids is 3. The summed E-state index contributed by atoms with van der Waals surface area (Å²) in [4.78, 5) is 36.5. The van der Waals surface area contributed by atoms with Crippen LogP contribution in [0.4, 0.5) is 5.69 Å². The van der Waals surface area contributed by atoms with Crippen molar-refractivity contribution in [1.82, 2.24) is 10.7 Å². The molecular weight excluding hydrogens is 575 g/mol. The Hall–Kier alpha value is -4.48. The Balaban J connectivity index is 1.49. The van der Waals surface area contributed by atoms with Crippen LogP contribution in [0.5, 0.6) is 23.0 Å². The molecule has 0 radical (unpaired) electrons. The molecule has 216 valence electrons. The Bertz CT molecular complexity index is 1420. The lowest BCUT2D eigenvalue weighted by Crippen LogP contribution is -2.38. The van der Waals surface area contributed by atoms with Gasteiger partial charge in [-0.2, -0.15) is 5.10 Å². The quantitative estimate of drug-likeness (QED) is 0.163. The zero-order valence-electron chi connectivity index (χ0n) is 22.5. The molecule has 13 heteroatoms. The Morgan fingerprint density at radius 3 is 2.24 bits per heavy atom. The summed E-state index contributed by atoms with van der Waals surface area (Å²) in [6.45, 7) is -0.110. The van der Waals surface area contributed by atoms with Crippen molar-refractivity contribution in [2.45, 2.75) is 6.42 Å². The Labute approximate surface area is 246 Å². The first-order valence-corrected chi connectivity index (χ1v) is 12.9. The van der Waals surface area contributed by atoms with Crippen LogP contribution < -0.4 is 35.0 Å². The van der Waals surface area contributed by atoms with Crippen LogP contribution in [0.1, 0.15) is 11.1 Å². The summed E-state index contributed by atoms with van der Waals surface area (Å²) in [5, 5.41) is 9.69. The number of hydrogen-bond donors (Lipinski definition) is 3. The van der Waals surface area contributed by atoms with Gasteiger partial charge in [0, 0.05) is 17.3 Å². The first-order chi connectivity index (χ1) is 19.7. The predicted octanol–water partition coefficient (Wildman–Crippen LogP) is 3.85. The number of rotatable bonds is 12. The molecule has 0 saturated heterocycles. The number of ether oxygens (including phenoxy) is 4. The maximum absolute atomic E-state index is 12.2. The third-order valence-corrected chi connectivity index (χ3v) is 5.99. The number of hydrogen-bond acceptors (Lipinski definition) is 8. The van der Waals surface area contributed by atoms with Crippen LogP contribution >= 0.6 is 23.2 Å². The fourth-order valence-corrected chi connectivity index (χ4v) is 3.88. The molecular formula is C28H28Cl2N4O7. The first-order valence-electron chi connectivity index (χ1n) is 12.1. The van der Waals surface area contributed by atoms with Crippen molar-refractivity contribution in [1.29, 1.82) is 0 Å². The lowest BCUT2D eigenvalue weighted by atomic mass is 10.1. The van der Waals surface area contributed by atoms with Crippen LogP contribution in [0.2, 0.25) is 10.0 Å². The molecule has 0 aliphatic carbocycles.